The lowest BCUT2D eigenvalue weighted by molar-refractivity contribution is 0.171. The summed E-state index contributed by atoms with van der Waals surface area (Å²) in [6.07, 6.45) is 0. The summed E-state index contributed by atoms with van der Waals surface area (Å²) in [6.45, 7) is 2.09. The Balaban J connectivity index is 0.00000210. The molecule has 0 radical (unpaired) electrons. The molecule has 1 fully saturated rings. The SMILES string of the molecule is Cl.O=S(=O)(c1ccc2c(c1)OCCO2)N1CCNCC1c1cccc(F)c1. The van der Waals surface area contributed by atoms with Gasteiger partial charge in [-0.05, 0) is 29.8 Å². The molecular formula is C18H20ClFN2O4S. The molecule has 0 spiro atoms. The summed E-state index contributed by atoms with van der Waals surface area (Å²) in [5.41, 5.74) is 0.623. The molecule has 0 aromatic heterocycles. The molecule has 4 rings (SSSR count). The van der Waals surface area contributed by atoms with Gasteiger partial charge in [0.15, 0.2) is 11.5 Å². The first-order chi connectivity index (χ1) is 12.6. The zero-order chi connectivity index (χ0) is 18.1. The topological polar surface area (TPSA) is 67.9 Å². The summed E-state index contributed by atoms with van der Waals surface area (Å²) < 4.78 is 52.5. The summed E-state index contributed by atoms with van der Waals surface area (Å²) in [4.78, 5) is 0.144. The van der Waals surface area contributed by atoms with Gasteiger partial charge in [0.1, 0.15) is 19.0 Å². The summed E-state index contributed by atoms with van der Waals surface area (Å²) in [7, 11) is -3.77. The lowest BCUT2D eigenvalue weighted by atomic mass is 10.1. The molecule has 146 valence electrons. The maximum atomic E-state index is 13.6. The van der Waals surface area contributed by atoms with E-state index < -0.39 is 16.1 Å². The van der Waals surface area contributed by atoms with Crippen molar-refractivity contribution in [3.8, 4) is 11.5 Å². The van der Waals surface area contributed by atoms with Gasteiger partial charge in [-0.3, -0.25) is 0 Å². The highest BCUT2D eigenvalue weighted by molar-refractivity contribution is 7.89. The number of sulfonamides is 1. The zero-order valence-electron chi connectivity index (χ0n) is 14.4. The van der Waals surface area contributed by atoms with Crippen LogP contribution in [0.15, 0.2) is 47.4 Å². The van der Waals surface area contributed by atoms with E-state index in [0.717, 1.165) is 0 Å². The van der Waals surface area contributed by atoms with E-state index >= 15 is 0 Å². The number of nitrogens with one attached hydrogen (secondary N) is 1. The molecule has 2 aromatic rings. The molecule has 1 atom stereocenters. The Morgan fingerprint density at radius 1 is 1.07 bits per heavy atom. The van der Waals surface area contributed by atoms with E-state index in [9.17, 15) is 12.8 Å². The van der Waals surface area contributed by atoms with E-state index in [1.807, 2.05) is 0 Å². The minimum absolute atomic E-state index is 0. The molecule has 2 aliphatic heterocycles. The molecule has 0 amide bonds. The monoisotopic (exact) mass is 414 g/mol. The van der Waals surface area contributed by atoms with Gasteiger partial charge in [0.05, 0.1) is 10.9 Å². The Bertz CT molecular complexity index is 925. The van der Waals surface area contributed by atoms with Gasteiger partial charge in [-0.25, -0.2) is 12.8 Å². The first-order valence-electron chi connectivity index (χ1n) is 8.43. The van der Waals surface area contributed by atoms with Crippen LogP contribution in [-0.4, -0.2) is 45.6 Å². The fraction of sp³-hybridized carbons (Fsp3) is 0.333. The molecule has 1 saturated heterocycles. The maximum absolute atomic E-state index is 13.6. The van der Waals surface area contributed by atoms with Crippen LogP contribution in [0.25, 0.3) is 0 Å². The molecule has 27 heavy (non-hydrogen) atoms. The number of piperazine rings is 1. The van der Waals surface area contributed by atoms with E-state index in [1.165, 1.54) is 28.6 Å². The summed E-state index contributed by atoms with van der Waals surface area (Å²) >= 11 is 0. The third kappa shape index (κ3) is 3.89. The van der Waals surface area contributed by atoms with E-state index in [-0.39, 0.29) is 23.1 Å². The van der Waals surface area contributed by atoms with Crippen molar-refractivity contribution >= 4 is 22.4 Å². The van der Waals surface area contributed by atoms with Crippen molar-refractivity contribution in [2.24, 2.45) is 0 Å². The van der Waals surface area contributed by atoms with Crippen molar-refractivity contribution in [3.63, 3.8) is 0 Å². The van der Waals surface area contributed by atoms with Crippen molar-refractivity contribution < 1.29 is 22.3 Å². The Hall–Kier alpha value is -1.87. The number of fused-ring (bicyclic) bond motifs is 1. The van der Waals surface area contributed by atoms with Crippen LogP contribution in [-0.2, 0) is 10.0 Å². The van der Waals surface area contributed by atoms with Gasteiger partial charge >= 0.3 is 0 Å². The third-order valence-electron chi connectivity index (χ3n) is 4.55. The van der Waals surface area contributed by atoms with Crippen LogP contribution < -0.4 is 14.8 Å². The number of hydrogen-bond donors (Lipinski definition) is 1. The van der Waals surface area contributed by atoms with Crippen molar-refractivity contribution in [1.82, 2.24) is 9.62 Å². The molecule has 9 heteroatoms. The standard InChI is InChI=1S/C18H19FN2O4S.ClH/c19-14-3-1-2-13(10-14)16-12-20-6-7-21(16)26(22,23)15-4-5-17-18(11-15)25-9-8-24-17;/h1-5,10-11,16,20H,6-9,12H2;1H. The molecule has 0 saturated carbocycles. The quantitative estimate of drug-likeness (QED) is 0.835. The number of hydrogen-bond acceptors (Lipinski definition) is 5. The van der Waals surface area contributed by atoms with Crippen LogP contribution in [0.5, 0.6) is 11.5 Å². The second-order valence-electron chi connectivity index (χ2n) is 6.20. The first kappa shape index (κ1) is 19.9. The van der Waals surface area contributed by atoms with Crippen molar-refractivity contribution in [2.75, 3.05) is 32.8 Å². The smallest absolute Gasteiger partial charge is 0.243 e. The van der Waals surface area contributed by atoms with Gasteiger partial charge in [-0.2, -0.15) is 4.31 Å². The molecule has 1 N–H and O–H groups in total. The number of halogens is 2. The average molecular weight is 415 g/mol. The third-order valence-corrected chi connectivity index (χ3v) is 6.45. The van der Waals surface area contributed by atoms with Crippen molar-refractivity contribution in [3.05, 3.63) is 53.8 Å². The fourth-order valence-electron chi connectivity index (χ4n) is 3.29. The number of nitrogens with zero attached hydrogens (tertiary/aromatic N) is 1. The van der Waals surface area contributed by atoms with Crippen molar-refractivity contribution in [2.45, 2.75) is 10.9 Å². The molecule has 2 heterocycles. The highest BCUT2D eigenvalue weighted by Crippen LogP contribution is 2.35. The Labute approximate surface area is 163 Å². The lowest BCUT2D eigenvalue weighted by Gasteiger charge is -2.35. The highest BCUT2D eigenvalue weighted by Gasteiger charge is 2.35. The first-order valence-corrected chi connectivity index (χ1v) is 9.87. The predicted octanol–water partition coefficient (Wildman–Crippen LogP) is 2.35. The molecule has 0 bridgehead atoms. The highest BCUT2D eigenvalue weighted by atomic mass is 35.5. The van der Waals surface area contributed by atoms with Gasteiger partial charge in [-0.1, -0.05) is 12.1 Å². The summed E-state index contributed by atoms with van der Waals surface area (Å²) in [5.74, 6) is 0.580. The molecule has 1 unspecified atom stereocenters. The summed E-state index contributed by atoms with van der Waals surface area (Å²) in [5, 5.41) is 3.18. The van der Waals surface area contributed by atoms with Crippen LogP contribution in [0, 0.1) is 5.82 Å². The Kier molecular flexibility index (Phi) is 5.90. The van der Waals surface area contributed by atoms with E-state index in [2.05, 4.69) is 5.32 Å². The van der Waals surface area contributed by atoms with E-state index in [4.69, 9.17) is 9.47 Å². The minimum Gasteiger partial charge on any atom is -0.486 e. The van der Waals surface area contributed by atoms with Gasteiger partial charge in [0.25, 0.3) is 0 Å². The van der Waals surface area contributed by atoms with Gasteiger partial charge < -0.3 is 14.8 Å². The van der Waals surface area contributed by atoms with E-state index in [0.29, 0.717) is 49.9 Å². The number of benzene rings is 2. The Morgan fingerprint density at radius 2 is 1.85 bits per heavy atom. The predicted molar refractivity (Wildman–Crippen MR) is 101 cm³/mol. The fourth-order valence-corrected chi connectivity index (χ4v) is 4.92. The van der Waals surface area contributed by atoms with Crippen molar-refractivity contribution in [1.29, 1.82) is 0 Å². The average Bonchev–Trinajstić information content (AvgIpc) is 2.67. The second-order valence-corrected chi connectivity index (χ2v) is 8.09. The normalized spacial score (nSPS) is 20.0. The molecular weight excluding hydrogens is 395 g/mol. The second kappa shape index (κ2) is 8.02. The van der Waals surface area contributed by atoms with Crippen LogP contribution in [0.2, 0.25) is 0 Å². The largest absolute Gasteiger partial charge is 0.486 e. The van der Waals surface area contributed by atoms with Gasteiger partial charge in [0.2, 0.25) is 10.0 Å². The molecule has 6 nitrogen and oxygen atoms in total. The van der Waals surface area contributed by atoms with Crippen LogP contribution >= 0.6 is 12.4 Å². The van der Waals surface area contributed by atoms with Gasteiger partial charge in [-0.15, -0.1) is 12.4 Å². The molecule has 2 aromatic carbocycles. The molecule has 2 aliphatic rings. The lowest BCUT2D eigenvalue weighted by Crippen LogP contribution is -2.48. The maximum Gasteiger partial charge on any atom is 0.243 e. The number of rotatable bonds is 3. The van der Waals surface area contributed by atoms with Crippen LogP contribution in [0.1, 0.15) is 11.6 Å². The van der Waals surface area contributed by atoms with Crippen LogP contribution in [0.3, 0.4) is 0 Å². The van der Waals surface area contributed by atoms with Crippen LogP contribution in [0.4, 0.5) is 4.39 Å². The Morgan fingerprint density at radius 3 is 2.63 bits per heavy atom. The zero-order valence-corrected chi connectivity index (χ0v) is 16.1. The van der Waals surface area contributed by atoms with Gasteiger partial charge in [0, 0.05) is 25.7 Å². The molecule has 0 aliphatic carbocycles. The summed E-state index contributed by atoms with van der Waals surface area (Å²) in [6, 6.07) is 10.2. The number of ether oxygens (including phenoxy) is 2. The minimum atomic E-state index is -3.77. The van der Waals surface area contributed by atoms with E-state index in [1.54, 1.807) is 18.2 Å².